The molecule has 2 nitrogen and oxygen atoms in total. The van der Waals surface area contributed by atoms with Crippen LogP contribution in [0, 0.1) is 11.8 Å². The van der Waals surface area contributed by atoms with Gasteiger partial charge < -0.3 is 4.90 Å². The number of carbonyl (C=O) groups is 1. The highest BCUT2D eigenvalue weighted by Gasteiger charge is 2.13. The van der Waals surface area contributed by atoms with Crippen molar-refractivity contribution in [3.05, 3.63) is 0 Å². The van der Waals surface area contributed by atoms with E-state index in [0.29, 0.717) is 18.3 Å². The third-order valence-electron chi connectivity index (χ3n) is 2.13. The van der Waals surface area contributed by atoms with Crippen LogP contribution in [-0.4, -0.2) is 24.9 Å². The number of hydrogen-bond acceptors (Lipinski definition) is 1. The fraction of sp³-hybridized carbons (Fsp3) is 0.889. The molecule has 0 aliphatic carbocycles. The summed E-state index contributed by atoms with van der Waals surface area (Å²) in [6, 6.07) is 0. The minimum Gasteiger partial charge on any atom is -0.349 e. The van der Waals surface area contributed by atoms with Crippen molar-refractivity contribution in [3.8, 4) is 0 Å². The molecule has 1 unspecified atom stereocenters. The number of carbonyl (C=O) groups excluding carboxylic acids is 1. The third-order valence-corrected chi connectivity index (χ3v) is 2.13. The molecule has 0 aromatic rings. The van der Waals surface area contributed by atoms with Gasteiger partial charge in [0, 0.05) is 20.5 Å². The van der Waals surface area contributed by atoms with Crippen LogP contribution in [0.5, 0.6) is 0 Å². The van der Waals surface area contributed by atoms with Crippen LogP contribution in [-0.2, 0) is 4.79 Å². The second kappa shape index (κ2) is 4.37. The standard InChI is InChI=1S/C9H19NO/c1-7(2)8(3)6-9(11)10(4)5/h7-8H,6H2,1-5H3. The topological polar surface area (TPSA) is 20.3 Å². The van der Waals surface area contributed by atoms with E-state index in [0.717, 1.165) is 0 Å². The van der Waals surface area contributed by atoms with Crippen LogP contribution in [0.25, 0.3) is 0 Å². The zero-order valence-electron chi connectivity index (χ0n) is 8.22. The fourth-order valence-corrected chi connectivity index (χ4v) is 0.694. The van der Waals surface area contributed by atoms with Crippen LogP contribution in [0.4, 0.5) is 0 Å². The maximum Gasteiger partial charge on any atom is 0.222 e. The lowest BCUT2D eigenvalue weighted by Gasteiger charge is -2.17. The molecule has 0 N–H and O–H groups in total. The van der Waals surface area contributed by atoms with Crippen LogP contribution in [0.15, 0.2) is 0 Å². The third kappa shape index (κ3) is 4.02. The minimum atomic E-state index is 0.228. The van der Waals surface area contributed by atoms with Gasteiger partial charge in [-0.2, -0.15) is 0 Å². The molecule has 0 bridgehead atoms. The summed E-state index contributed by atoms with van der Waals surface area (Å²) in [5.74, 6) is 1.31. The van der Waals surface area contributed by atoms with Crippen LogP contribution in [0.2, 0.25) is 0 Å². The van der Waals surface area contributed by atoms with Gasteiger partial charge in [0.25, 0.3) is 0 Å². The molecule has 0 aromatic carbocycles. The van der Waals surface area contributed by atoms with E-state index < -0.39 is 0 Å². The molecule has 11 heavy (non-hydrogen) atoms. The molecule has 0 rings (SSSR count). The lowest BCUT2D eigenvalue weighted by molar-refractivity contribution is -0.129. The summed E-state index contributed by atoms with van der Waals surface area (Å²) in [4.78, 5) is 12.8. The number of amides is 1. The first kappa shape index (κ1) is 10.5. The monoisotopic (exact) mass is 157 g/mol. The van der Waals surface area contributed by atoms with Crippen LogP contribution in [0.3, 0.4) is 0 Å². The van der Waals surface area contributed by atoms with E-state index in [9.17, 15) is 4.79 Å². The summed E-state index contributed by atoms with van der Waals surface area (Å²) in [6.07, 6.45) is 0.671. The van der Waals surface area contributed by atoms with Gasteiger partial charge in [-0.3, -0.25) is 4.79 Å². The van der Waals surface area contributed by atoms with Crippen LogP contribution in [0.1, 0.15) is 27.2 Å². The van der Waals surface area contributed by atoms with Crippen molar-refractivity contribution in [2.45, 2.75) is 27.2 Å². The van der Waals surface area contributed by atoms with Crippen molar-refractivity contribution in [1.82, 2.24) is 4.90 Å². The van der Waals surface area contributed by atoms with Gasteiger partial charge in [0.05, 0.1) is 0 Å². The summed E-state index contributed by atoms with van der Waals surface area (Å²) in [5, 5.41) is 0. The lowest BCUT2D eigenvalue weighted by atomic mass is 9.94. The van der Waals surface area contributed by atoms with Crippen LogP contribution < -0.4 is 0 Å². The second-order valence-corrected chi connectivity index (χ2v) is 3.71. The molecule has 0 spiro atoms. The Bertz CT molecular complexity index is 130. The Kier molecular flexibility index (Phi) is 4.16. The second-order valence-electron chi connectivity index (χ2n) is 3.71. The maximum atomic E-state index is 11.2. The van der Waals surface area contributed by atoms with E-state index in [2.05, 4.69) is 20.8 Å². The molecule has 0 aliphatic rings. The SMILES string of the molecule is CC(C)C(C)CC(=O)N(C)C. The van der Waals surface area contributed by atoms with Gasteiger partial charge in [0.1, 0.15) is 0 Å². The molecular weight excluding hydrogens is 138 g/mol. The zero-order valence-corrected chi connectivity index (χ0v) is 8.22. The van der Waals surface area contributed by atoms with E-state index in [1.165, 1.54) is 0 Å². The molecule has 1 atom stereocenters. The van der Waals surface area contributed by atoms with Crippen molar-refractivity contribution in [3.63, 3.8) is 0 Å². The predicted octanol–water partition coefficient (Wildman–Crippen LogP) is 1.76. The maximum absolute atomic E-state index is 11.2. The molecular formula is C9H19NO. The van der Waals surface area contributed by atoms with Crippen molar-refractivity contribution in [2.24, 2.45) is 11.8 Å². The van der Waals surface area contributed by atoms with Gasteiger partial charge in [0.15, 0.2) is 0 Å². The Morgan fingerprint density at radius 2 is 1.73 bits per heavy atom. The summed E-state index contributed by atoms with van der Waals surface area (Å²) < 4.78 is 0. The quantitative estimate of drug-likeness (QED) is 0.611. The highest BCUT2D eigenvalue weighted by molar-refractivity contribution is 5.75. The summed E-state index contributed by atoms with van der Waals surface area (Å²) >= 11 is 0. The number of nitrogens with zero attached hydrogens (tertiary/aromatic N) is 1. The molecule has 0 heterocycles. The molecule has 1 amide bonds. The lowest BCUT2D eigenvalue weighted by Crippen LogP contribution is -2.24. The highest BCUT2D eigenvalue weighted by Crippen LogP contribution is 2.14. The minimum absolute atomic E-state index is 0.228. The average Bonchev–Trinajstić information content (AvgIpc) is 1.87. The van der Waals surface area contributed by atoms with Crippen molar-refractivity contribution >= 4 is 5.91 Å². The largest absolute Gasteiger partial charge is 0.349 e. The van der Waals surface area contributed by atoms with Gasteiger partial charge in [0.2, 0.25) is 5.91 Å². The van der Waals surface area contributed by atoms with E-state index >= 15 is 0 Å². The molecule has 66 valence electrons. The molecule has 0 saturated carbocycles. The zero-order chi connectivity index (χ0) is 9.02. The van der Waals surface area contributed by atoms with E-state index in [1.807, 2.05) is 0 Å². The average molecular weight is 157 g/mol. The van der Waals surface area contributed by atoms with Crippen LogP contribution >= 0.6 is 0 Å². The molecule has 0 fully saturated rings. The number of hydrogen-bond donors (Lipinski definition) is 0. The Morgan fingerprint density at radius 3 is 2.00 bits per heavy atom. The first-order valence-electron chi connectivity index (χ1n) is 4.15. The molecule has 0 aromatic heterocycles. The number of rotatable bonds is 3. The summed E-state index contributed by atoms with van der Waals surface area (Å²) in [5.41, 5.74) is 0. The van der Waals surface area contributed by atoms with Crippen molar-refractivity contribution < 1.29 is 4.79 Å². The smallest absolute Gasteiger partial charge is 0.222 e. The molecule has 0 saturated heterocycles. The highest BCUT2D eigenvalue weighted by atomic mass is 16.2. The van der Waals surface area contributed by atoms with E-state index in [4.69, 9.17) is 0 Å². The van der Waals surface area contributed by atoms with Gasteiger partial charge in [-0.1, -0.05) is 20.8 Å². The first-order valence-corrected chi connectivity index (χ1v) is 4.15. The summed E-state index contributed by atoms with van der Waals surface area (Å²) in [7, 11) is 3.60. The first-order chi connectivity index (χ1) is 4.95. The van der Waals surface area contributed by atoms with E-state index in [1.54, 1.807) is 19.0 Å². The van der Waals surface area contributed by atoms with Gasteiger partial charge in [-0.25, -0.2) is 0 Å². The fourth-order valence-electron chi connectivity index (χ4n) is 0.694. The Hall–Kier alpha value is -0.530. The summed E-state index contributed by atoms with van der Waals surface area (Å²) in [6.45, 7) is 6.41. The van der Waals surface area contributed by atoms with Gasteiger partial charge >= 0.3 is 0 Å². The molecule has 2 heteroatoms. The predicted molar refractivity (Wildman–Crippen MR) is 47.3 cm³/mol. The molecule has 0 aliphatic heterocycles. The Labute approximate surface area is 69.6 Å². The van der Waals surface area contributed by atoms with Gasteiger partial charge in [-0.05, 0) is 11.8 Å². The normalized spacial score (nSPS) is 13.3. The molecule has 0 radical (unpaired) electrons. The van der Waals surface area contributed by atoms with Gasteiger partial charge in [-0.15, -0.1) is 0 Å². The van der Waals surface area contributed by atoms with Crippen molar-refractivity contribution in [2.75, 3.05) is 14.1 Å². The Balaban J connectivity index is 3.76. The van der Waals surface area contributed by atoms with E-state index in [-0.39, 0.29) is 5.91 Å². The Morgan fingerprint density at radius 1 is 1.27 bits per heavy atom. The van der Waals surface area contributed by atoms with Crippen molar-refractivity contribution in [1.29, 1.82) is 0 Å².